The first-order chi connectivity index (χ1) is 5.59. The Bertz CT molecular complexity index is 207. The standard InChI is InChI=1S/C6H8Cl2O3Si/c7-12(8)2-1-4-3-5(9)11-6(4)10/h4,12H,1-3H2. The number of halogens is 2. The van der Waals surface area contributed by atoms with Crippen molar-refractivity contribution in [3.63, 3.8) is 0 Å². The van der Waals surface area contributed by atoms with Gasteiger partial charge < -0.3 is 4.74 Å². The average molecular weight is 227 g/mol. The summed E-state index contributed by atoms with van der Waals surface area (Å²) in [7, 11) is -1.65. The number of carbonyl (C=O) groups excluding carboxylic acids is 2. The second kappa shape index (κ2) is 4.25. The van der Waals surface area contributed by atoms with Gasteiger partial charge in [0.25, 0.3) is 0 Å². The molecule has 1 fully saturated rings. The molecule has 1 atom stereocenters. The maximum atomic E-state index is 10.9. The van der Waals surface area contributed by atoms with Crippen molar-refractivity contribution in [3.05, 3.63) is 0 Å². The van der Waals surface area contributed by atoms with Crippen LogP contribution in [-0.4, -0.2) is 19.4 Å². The smallest absolute Gasteiger partial charge is 0.317 e. The van der Waals surface area contributed by atoms with Crippen molar-refractivity contribution in [1.82, 2.24) is 0 Å². The van der Waals surface area contributed by atoms with E-state index >= 15 is 0 Å². The minimum absolute atomic E-state index is 0.188. The molecule has 0 amide bonds. The zero-order valence-electron chi connectivity index (χ0n) is 6.26. The normalized spacial score (nSPS) is 23.4. The lowest BCUT2D eigenvalue weighted by atomic mass is 10.1. The molecule has 0 spiro atoms. The average Bonchev–Trinajstić information content (AvgIpc) is 2.26. The van der Waals surface area contributed by atoms with Crippen LogP contribution in [0.25, 0.3) is 0 Å². The van der Waals surface area contributed by atoms with E-state index in [-0.39, 0.29) is 12.3 Å². The highest BCUT2D eigenvalue weighted by atomic mass is 35.7. The van der Waals surface area contributed by atoms with Crippen molar-refractivity contribution in [3.8, 4) is 0 Å². The number of carbonyl (C=O) groups is 2. The molecule has 1 unspecified atom stereocenters. The van der Waals surface area contributed by atoms with E-state index in [9.17, 15) is 9.59 Å². The first-order valence-corrected chi connectivity index (χ1v) is 7.93. The molecule has 0 aliphatic carbocycles. The number of esters is 2. The quantitative estimate of drug-likeness (QED) is 0.314. The predicted molar refractivity (Wildman–Crippen MR) is 47.5 cm³/mol. The van der Waals surface area contributed by atoms with Gasteiger partial charge in [0.1, 0.15) is 0 Å². The minimum Gasteiger partial charge on any atom is -0.393 e. The van der Waals surface area contributed by atoms with Crippen LogP contribution >= 0.6 is 22.2 Å². The van der Waals surface area contributed by atoms with Gasteiger partial charge in [0.15, 0.2) is 0 Å². The monoisotopic (exact) mass is 226 g/mol. The maximum absolute atomic E-state index is 10.9. The van der Waals surface area contributed by atoms with E-state index in [0.29, 0.717) is 12.5 Å². The van der Waals surface area contributed by atoms with E-state index < -0.39 is 19.4 Å². The van der Waals surface area contributed by atoms with Crippen molar-refractivity contribution in [1.29, 1.82) is 0 Å². The molecule has 1 aliphatic heterocycles. The summed E-state index contributed by atoms with van der Waals surface area (Å²) in [6.45, 7) is 0. The Morgan fingerprint density at radius 2 is 2.17 bits per heavy atom. The lowest BCUT2D eigenvalue weighted by Gasteiger charge is -2.02. The van der Waals surface area contributed by atoms with E-state index in [2.05, 4.69) is 4.74 Å². The van der Waals surface area contributed by atoms with E-state index in [0.717, 1.165) is 0 Å². The largest absolute Gasteiger partial charge is 0.393 e. The van der Waals surface area contributed by atoms with Crippen molar-refractivity contribution in [2.75, 3.05) is 0 Å². The van der Waals surface area contributed by atoms with Gasteiger partial charge in [0, 0.05) is 0 Å². The fourth-order valence-electron chi connectivity index (χ4n) is 1.07. The van der Waals surface area contributed by atoms with Crippen molar-refractivity contribution < 1.29 is 14.3 Å². The second-order valence-electron chi connectivity index (χ2n) is 2.66. The van der Waals surface area contributed by atoms with E-state index in [1.807, 2.05) is 0 Å². The summed E-state index contributed by atoms with van der Waals surface area (Å²) in [6, 6.07) is 0.649. The highest BCUT2D eigenvalue weighted by Gasteiger charge is 2.33. The third kappa shape index (κ3) is 2.77. The zero-order valence-corrected chi connectivity index (χ0v) is 8.92. The SMILES string of the molecule is O=C1CC(CC[SiH](Cl)Cl)C(=O)O1. The number of rotatable bonds is 3. The number of hydrogen-bond acceptors (Lipinski definition) is 3. The maximum Gasteiger partial charge on any atom is 0.317 e. The lowest BCUT2D eigenvalue weighted by Crippen LogP contribution is -2.09. The number of ether oxygens (including phenoxy) is 1. The molecule has 0 aromatic heterocycles. The van der Waals surface area contributed by atoms with Crippen LogP contribution in [-0.2, 0) is 14.3 Å². The van der Waals surface area contributed by atoms with Gasteiger partial charge in [-0.05, 0) is 12.5 Å². The predicted octanol–water partition coefficient (Wildman–Crippen LogP) is 1.16. The molecule has 1 heterocycles. The third-order valence-electron chi connectivity index (χ3n) is 1.69. The first kappa shape index (κ1) is 10.0. The molecule has 1 saturated heterocycles. The summed E-state index contributed by atoms with van der Waals surface area (Å²) in [6.07, 6.45) is 0.766. The molecule has 0 aromatic rings. The highest BCUT2D eigenvalue weighted by Crippen LogP contribution is 2.23. The fourth-order valence-corrected chi connectivity index (χ4v) is 2.48. The van der Waals surface area contributed by atoms with Gasteiger partial charge in [-0.3, -0.25) is 9.59 Å². The van der Waals surface area contributed by atoms with Crippen LogP contribution < -0.4 is 0 Å². The van der Waals surface area contributed by atoms with Gasteiger partial charge in [-0.1, -0.05) is 0 Å². The molecule has 0 N–H and O–H groups in total. The number of hydrogen-bond donors (Lipinski definition) is 0. The van der Waals surface area contributed by atoms with Crippen LogP contribution in [0.15, 0.2) is 0 Å². The van der Waals surface area contributed by atoms with E-state index in [1.54, 1.807) is 0 Å². The van der Waals surface area contributed by atoms with Crippen LogP contribution in [0.2, 0.25) is 6.04 Å². The summed E-state index contributed by atoms with van der Waals surface area (Å²) in [4.78, 5) is 21.5. The van der Waals surface area contributed by atoms with Gasteiger partial charge in [-0.25, -0.2) is 0 Å². The summed E-state index contributed by atoms with van der Waals surface area (Å²) >= 11 is 11.2. The Labute approximate surface area is 81.0 Å². The van der Waals surface area contributed by atoms with E-state index in [4.69, 9.17) is 22.2 Å². The van der Waals surface area contributed by atoms with Crippen LogP contribution in [0.4, 0.5) is 0 Å². The van der Waals surface area contributed by atoms with Crippen molar-refractivity contribution >= 4 is 41.5 Å². The summed E-state index contributed by atoms with van der Waals surface area (Å²) < 4.78 is 4.36. The van der Waals surface area contributed by atoms with Crippen LogP contribution in [0.1, 0.15) is 12.8 Å². The molecule has 0 aromatic carbocycles. The van der Waals surface area contributed by atoms with Crippen LogP contribution in [0.5, 0.6) is 0 Å². The summed E-state index contributed by atoms with van der Waals surface area (Å²) in [5.41, 5.74) is 0. The highest BCUT2D eigenvalue weighted by molar-refractivity contribution is 7.33. The Hall–Kier alpha value is -0.0631. The Morgan fingerprint density at radius 1 is 1.50 bits per heavy atom. The molecule has 6 heteroatoms. The first-order valence-electron chi connectivity index (χ1n) is 3.62. The van der Waals surface area contributed by atoms with Crippen molar-refractivity contribution in [2.45, 2.75) is 18.9 Å². The zero-order chi connectivity index (χ0) is 9.14. The number of cyclic esters (lactones) is 2. The molecule has 1 rings (SSSR count). The molecule has 3 nitrogen and oxygen atoms in total. The Morgan fingerprint density at radius 3 is 2.58 bits per heavy atom. The van der Waals surface area contributed by atoms with Crippen LogP contribution in [0.3, 0.4) is 0 Å². The minimum atomic E-state index is -1.65. The van der Waals surface area contributed by atoms with E-state index in [1.165, 1.54) is 0 Å². The van der Waals surface area contributed by atoms with Gasteiger partial charge in [-0.15, -0.1) is 0 Å². The third-order valence-corrected chi connectivity index (χ3v) is 3.77. The molecular formula is C6H8Cl2O3Si. The second-order valence-corrected chi connectivity index (χ2v) is 7.85. The Kier molecular flexibility index (Phi) is 3.55. The molecule has 0 radical (unpaired) electrons. The molecule has 0 bridgehead atoms. The topological polar surface area (TPSA) is 43.4 Å². The summed E-state index contributed by atoms with van der Waals surface area (Å²) in [5.74, 6) is -1.17. The molecule has 12 heavy (non-hydrogen) atoms. The lowest BCUT2D eigenvalue weighted by molar-refractivity contribution is -0.153. The van der Waals surface area contributed by atoms with Gasteiger partial charge in [-0.2, -0.15) is 22.2 Å². The molecule has 68 valence electrons. The van der Waals surface area contributed by atoms with Crippen LogP contribution in [0, 0.1) is 5.92 Å². The van der Waals surface area contributed by atoms with Crippen molar-refractivity contribution in [2.24, 2.45) is 5.92 Å². The Balaban J connectivity index is 2.33. The van der Waals surface area contributed by atoms with Gasteiger partial charge in [0.05, 0.1) is 12.3 Å². The molecular weight excluding hydrogens is 219 g/mol. The molecule has 1 aliphatic rings. The fraction of sp³-hybridized carbons (Fsp3) is 0.667. The molecule has 0 saturated carbocycles. The summed E-state index contributed by atoms with van der Waals surface area (Å²) in [5, 5.41) is 0. The van der Waals surface area contributed by atoms with Gasteiger partial charge >= 0.3 is 11.9 Å². The van der Waals surface area contributed by atoms with Gasteiger partial charge in [0.2, 0.25) is 7.42 Å².